The summed E-state index contributed by atoms with van der Waals surface area (Å²) >= 11 is 0. The topological polar surface area (TPSA) is 61.4 Å². The largest absolute Gasteiger partial charge is 0.345 e. The molecule has 0 aliphatic carbocycles. The van der Waals surface area contributed by atoms with Crippen molar-refractivity contribution in [1.82, 2.24) is 15.5 Å². The molecule has 0 saturated carbocycles. The summed E-state index contributed by atoms with van der Waals surface area (Å²) in [6.07, 6.45) is 0. The number of hydrogen-bond donors (Lipinski definition) is 2. The summed E-state index contributed by atoms with van der Waals surface area (Å²) in [6.45, 7) is 6.29. The highest BCUT2D eigenvalue weighted by atomic mass is 16.2. The van der Waals surface area contributed by atoms with E-state index in [-0.39, 0.29) is 24.5 Å². The normalized spacial score (nSPS) is 9.79. The van der Waals surface area contributed by atoms with Crippen molar-refractivity contribution >= 4 is 11.9 Å². The van der Waals surface area contributed by atoms with Gasteiger partial charge in [-0.05, 0) is 20.8 Å². The average Bonchev–Trinajstić information content (AvgIpc) is 2.11. The van der Waals surface area contributed by atoms with Crippen LogP contribution in [0.5, 0.6) is 0 Å². The van der Waals surface area contributed by atoms with Gasteiger partial charge in [-0.3, -0.25) is 4.79 Å². The third kappa shape index (κ3) is 5.40. The van der Waals surface area contributed by atoms with E-state index >= 15 is 0 Å². The van der Waals surface area contributed by atoms with Crippen molar-refractivity contribution < 1.29 is 9.59 Å². The number of nitrogens with zero attached hydrogens (tertiary/aromatic N) is 1. The van der Waals surface area contributed by atoms with Gasteiger partial charge in [0, 0.05) is 19.6 Å². The first-order valence-electron chi connectivity index (χ1n) is 4.75. The van der Waals surface area contributed by atoms with Gasteiger partial charge in [0.15, 0.2) is 0 Å². The summed E-state index contributed by atoms with van der Waals surface area (Å²) in [5.74, 6) is -0.0913. The minimum absolute atomic E-state index is 0.0445. The molecule has 0 aromatic rings. The highest BCUT2D eigenvalue weighted by molar-refractivity contribution is 5.83. The number of carbonyl (C=O) groups excluding carboxylic acids is 2. The Bertz CT molecular complexity index is 204. The van der Waals surface area contributed by atoms with Crippen molar-refractivity contribution in [3.05, 3.63) is 0 Å². The van der Waals surface area contributed by atoms with Crippen LogP contribution in [0.4, 0.5) is 4.79 Å². The number of rotatable bonds is 4. The minimum Gasteiger partial charge on any atom is -0.345 e. The minimum atomic E-state index is -0.308. The fourth-order valence-corrected chi connectivity index (χ4v) is 0.780. The quantitative estimate of drug-likeness (QED) is 0.681. The van der Waals surface area contributed by atoms with Crippen LogP contribution in [0, 0.1) is 0 Å². The average molecular weight is 201 g/mol. The Hall–Kier alpha value is -1.26. The van der Waals surface area contributed by atoms with E-state index < -0.39 is 0 Å². The molecule has 3 amide bonds. The zero-order chi connectivity index (χ0) is 11.1. The van der Waals surface area contributed by atoms with E-state index in [1.807, 2.05) is 20.8 Å². The number of amides is 3. The maximum atomic E-state index is 11.2. The molecule has 0 radical (unpaired) electrons. The summed E-state index contributed by atoms with van der Waals surface area (Å²) < 4.78 is 0. The third-order valence-corrected chi connectivity index (χ3v) is 1.72. The van der Waals surface area contributed by atoms with Crippen molar-refractivity contribution in [3.63, 3.8) is 0 Å². The van der Waals surface area contributed by atoms with Gasteiger partial charge >= 0.3 is 6.03 Å². The summed E-state index contributed by atoms with van der Waals surface area (Å²) in [4.78, 5) is 23.9. The number of hydrogen-bond acceptors (Lipinski definition) is 2. The van der Waals surface area contributed by atoms with Gasteiger partial charge in [0.05, 0.1) is 6.54 Å². The molecule has 0 aromatic carbocycles. The first-order valence-corrected chi connectivity index (χ1v) is 4.75. The number of urea groups is 1. The van der Waals surface area contributed by atoms with E-state index in [9.17, 15) is 9.59 Å². The Kier molecular flexibility index (Phi) is 5.67. The highest BCUT2D eigenvalue weighted by Gasteiger charge is 2.08. The molecule has 0 rings (SSSR count). The second-order valence-electron chi connectivity index (χ2n) is 3.39. The van der Waals surface area contributed by atoms with Crippen LogP contribution in [-0.4, -0.2) is 43.0 Å². The lowest BCUT2D eigenvalue weighted by Gasteiger charge is -2.15. The standard InChI is InChI=1S/C9H19N3O2/c1-5-12(4)8(13)6-10-9(14)11-7(2)3/h7H,5-6H2,1-4H3,(H2,10,11,14). The summed E-state index contributed by atoms with van der Waals surface area (Å²) in [7, 11) is 1.70. The monoisotopic (exact) mass is 201 g/mol. The Labute approximate surface area is 84.8 Å². The first-order chi connectivity index (χ1) is 6.47. The molecule has 0 aromatic heterocycles. The lowest BCUT2D eigenvalue weighted by Crippen LogP contribution is -2.44. The van der Waals surface area contributed by atoms with Gasteiger partial charge in [0.1, 0.15) is 0 Å². The molecule has 0 atom stereocenters. The molecule has 82 valence electrons. The van der Waals surface area contributed by atoms with Crippen LogP contribution in [0.25, 0.3) is 0 Å². The Morgan fingerprint density at radius 3 is 2.36 bits per heavy atom. The lowest BCUT2D eigenvalue weighted by atomic mass is 10.4. The molecule has 0 fully saturated rings. The molecular weight excluding hydrogens is 182 g/mol. The lowest BCUT2D eigenvalue weighted by molar-refractivity contribution is -0.128. The van der Waals surface area contributed by atoms with E-state index in [4.69, 9.17) is 0 Å². The van der Waals surface area contributed by atoms with Gasteiger partial charge in [-0.2, -0.15) is 0 Å². The maximum absolute atomic E-state index is 11.2. The van der Waals surface area contributed by atoms with Crippen molar-refractivity contribution in [2.75, 3.05) is 20.1 Å². The Balaban J connectivity index is 3.72. The summed E-state index contributed by atoms with van der Waals surface area (Å²) in [6, 6.07) is -0.230. The molecular formula is C9H19N3O2. The van der Waals surface area contributed by atoms with E-state index in [1.165, 1.54) is 0 Å². The van der Waals surface area contributed by atoms with Gasteiger partial charge in [0.2, 0.25) is 5.91 Å². The second kappa shape index (κ2) is 6.23. The Morgan fingerprint density at radius 1 is 1.36 bits per heavy atom. The molecule has 0 unspecified atom stereocenters. The molecule has 14 heavy (non-hydrogen) atoms. The van der Waals surface area contributed by atoms with Crippen LogP contribution in [0.2, 0.25) is 0 Å². The van der Waals surface area contributed by atoms with Gasteiger partial charge in [0.25, 0.3) is 0 Å². The van der Waals surface area contributed by atoms with E-state index in [2.05, 4.69) is 10.6 Å². The fraction of sp³-hybridized carbons (Fsp3) is 0.778. The number of likely N-dealkylation sites (N-methyl/N-ethyl adjacent to an activating group) is 1. The molecule has 2 N–H and O–H groups in total. The predicted octanol–water partition coefficient (Wildman–Crippen LogP) is 0.172. The molecule has 0 aliphatic heterocycles. The molecule has 0 saturated heterocycles. The van der Waals surface area contributed by atoms with Gasteiger partial charge in [-0.25, -0.2) is 4.79 Å². The zero-order valence-electron chi connectivity index (χ0n) is 9.26. The van der Waals surface area contributed by atoms with Crippen LogP contribution in [0.3, 0.4) is 0 Å². The van der Waals surface area contributed by atoms with Crippen molar-refractivity contribution in [1.29, 1.82) is 0 Å². The number of carbonyl (C=O) groups is 2. The SMILES string of the molecule is CCN(C)C(=O)CNC(=O)NC(C)C. The van der Waals surface area contributed by atoms with Gasteiger partial charge in [-0.15, -0.1) is 0 Å². The molecule has 0 spiro atoms. The molecule has 0 aliphatic rings. The van der Waals surface area contributed by atoms with Crippen molar-refractivity contribution in [2.24, 2.45) is 0 Å². The molecule has 5 nitrogen and oxygen atoms in total. The van der Waals surface area contributed by atoms with Gasteiger partial charge in [-0.1, -0.05) is 0 Å². The van der Waals surface area contributed by atoms with Crippen LogP contribution in [0.15, 0.2) is 0 Å². The predicted molar refractivity (Wildman–Crippen MR) is 55.0 cm³/mol. The highest BCUT2D eigenvalue weighted by Crippen LogP contribution is 1.82. The molecule has 5 heteroatoms. The Morgan fingerprint density at radius 2 is 1.93 bits per heavy atom. The third-order valence-electron chi connectivity index (χ3n) is 1.72. The van der Waals surface area contributed by atoms with E-state index in [0.717, 1.165) is 0 Å². The summed E-state index contributed by atoms with van der Waals surface area (Å²) in [5, 5.41) is 5.12. The zero-order valence-corrected chi connectivity index (χ0v) is 9.26. The maximum Gasteiger partial charge on any atom is 0.315 e. The van der Waals surface area contributed by atoms with Crippen LogP contribution < -0.4 is 10.6 Å². The van der Waals surface area contributed by atoms with Crippen LogP contribution in [0.1, 0.15) is 20.8 Å². The van der Waals surface area contributed by atoms with Crippen LogP contribution in [-0.2, 0) is 4.79 Å². The van der Waals surface area contributed by atoms with Crippen LogP contribution >= 0.6 is 0 Å². The smallest absolute Gasteiger partial charge is 0.315 e. The molecule has 0 bridgehead atoms. The van der Waals surface area contributed by atoms with E-state index in [0.29, 0.717) is 6.54 Å². The van der Waals surface area contributed by atoms with E-state index in [1.54, 1.807) is 11.9 Å². The fourth-order valence-electron chi connectivity index (χ4n) is 0.780. The first kappa shape index (κ1) is 12.7. The van der Waals surface area contributed by atoms with Crippen molar-refractivity contribution in [2.45, 2.75) is 26.8 Å². The number of nitrogens with one attached hydrogen (secondary N) is 2. The van der Waals surface area contributed by atoms with Gasteiger partial charge < -0.3 is 15.5 Å². The molecule has 0 heterocycles. The van der Waals surface area contributed by atoms with Crippen molar-refractivity contribution in [3.8, 4) is 0 Å². The summed E-state index contributed by atoms with van der Waals surface area (Å²) in [5.41, 5.74) is 0. The second-order valence-corrected chi connectivity index (χ2v) is 3.39.